The van der Waals surface area contributed by atoms with Gasteiger partial charge in [-0.2, -0.15) is 0 Å². The molecular formula is C18H24N2O. The molecule has 1 aromatic heterocycles. The van der Waals surface area contributed by atoms with Gasteiger partial charge >= 0.3 is 0 Å². The van der Waals surface area contributed by atoms with Crippen molar-refractivity contribution < 1.29 is 4.74 Å². The first-order valence-corrected chi connectivity index (χ1v) is 7.74. The van der Waals surface area contributed by atoms with Crippen molar-refractivity contribution >= 4 is 5.69 Å². The summed E-state index contributed by atoms with van der Waals surface area (Å²) < 4.78 is 5.73. The second kappa shape index (κ2) is 9.01. The lowest BCUT2D eigenvalue weighted by Crippen LogP contribution is -2.00. The first-order chi connectivity index (χ1) is 10.4. The van der Waals surface area contributed by atoms with Crippen LogP contribution in [0.2, 0.25) is 0 Å². The quantitative estimate of drug-likeness (QED) is 0.680. The lowest BCUT2D eigenvalue weighted by molar-refractivity contribution is 0.305. The minimum absolute atomic E-state index is 0.783. The lowest BCUT2D eigenvalue weighted by Gasteiger charge is -2.09. The molecule has 0 aliphatic heterocycles. The van der Waals surface area contributed by atoms with Gasteiger partial charge in [-0.25, -0.2) is 0 Å². The monoisotopic (exact) mass is 284 g/mol. The van der Waals surface area contributed by atoms with Gasteiger partial charge in [-0.05, 0) is 42.3 Å². The predicted molar refractivity (Wildman–Crippen MR) is 87.6 cm³/mol. The Morgan fingerprint density at radius 2 is 1.90 bits per heavy atom. The average molecular weight is 284 g/mol. The molecule has 1 aromatic carbocycles. The van der Waals surface area contributed by atoms with Gasteiger partial charge in [-0.3, -0.25) is 4.98 Å². The van der Waals surface area contributed by atoms with E-state index >= 15 is 0 Å². The van der Waals surface area contributed by atoms with Crippen molar-refractivity contribution in [3.8, 4) is 5.75 Å². The highest BCUT2D eigenvalue weighted by molar-refractivity contribution is 5.46. The van der Waals surface area contributed by atoms with E-state index in [2.05, 4.69) is 35.4 Å². The molecule has 2 rings (SSSR count). The molecule has 0 amide bonds. The second-order valence-corrected chi connectivity index (χ2v) is 5.15. The summed E-state index contributed by atoms with van der Waals surface area (Å²) in [7, 11) is 0. The zero-order valence-corrected chi connectivity index (χ0v) is 12.7. The summed E-state index contributed by atoms with van der Waals surface area (Å²) >= 11 is 0. The maximum Gasteiger partial charge on any atom is 0.119 e. The zero-order valence-electron chi connectivity index (χ0n) is 12.7. The van der Waals surface area contributed by atoms with Crippen molar-refractivity contribution in [1.82, 2.24) is 4.98 Å². The highest BCUT2D eigenvalue weighted by Crippen LogP contribution is 2.16. The van der Waals surface area contributed by atoms with Crippen LogP contribution in [0.3, 0.4) is 0 Å². The summed E-state index contributed by atoms with van der Waals surface area (Å²) in [4.78, 5) is 4.11. The lowest BCUT2D eigenvalue weighted by atomic mass is 10.2. The van der Waals surface area contributed by atoms with Crippen LogP contribution < -0.4 is 10.1 Å². The number of ether oxygens (including phenoxy) is 1. The number of hydrogen-bond acceptors (Lipinski definition) is 3. The molecule has 112 valence electrons. The molecule has 3 nitrogen and oxygen atoms in total. The Morgan fingerprint density at radius 1 is 1.05 bits per heavy atom. The van der Waals surface area contributed by atoms with Gasteiger partial charge in [0.05, 0.1) is 6.61 Å². The molecule has 0 aliphatic rings. The van der Waals surface area contributed by atoms with E-state index in [1.165, 1.54) is 24.8 Å². The van der Waals surface area contributed by atoms with Gasteiger partial charge < -0.3 is 10.1 Å². The Hall–Kier alpha value is -2.03. The van der Waals surface area contributed by atoms with Gasteiger partial charge in [0, 0.05) is 24.6 Å². The molecule has 0 saturated heterocycles. The fourth-order valence-corrected chi connectivity index (χ4v) is 2.09. The summed E-state index contributed by atoms with van der Waals surface area (Å²) in [5.74, 6) is 0.943. The molecule has 0 radical (unpaired) electrons. The van der Waals surface area contributed by atoms with Gasteiger partial charge in [0.1, 0.15) is 5.75 Å². The van der Waals surface area contributed by atoms with Crippen molar-refractivity contribution in [2.24, 2.45) is 0 Å². The normalized spacial score (nSPS) is 10.3. The van der Waals surface area contributed by atoms with Crippen LogP contribution in [0.25, 0.3) is 0 Å². The first kappa shape index (κ1) is 15.4. The Balaban J connectivity index is 1.71. The summed E-state index contributed by atoms with van der Waals surface area (Å²) in [6, 6.07) is 12.2. The van der Waals surface area contributed by atoms with Crippen LogP contribution in [-0.4, -0.2) is 11.6 Å². The molecule has 21 heavy (non-hydrogen) atoms. The molecule has 2 aromatic rings. The third-order valence-electron chi connectivity index (χ3n) is 3.34. The molecule has 0 atom stereocenters. The molecule has 0 aliphatic carbocycles. The fourth-order valence-electron chi connectivity index (χ4n) is 2.09. The van der Waals surface area contributed by atoms with Crippen LogP contribution in [-0.2, 0) is 6.54 Å². The maximum absolute atomic E-state index is 5.73. The Labute approximate surface area is 127 Å². The van der Waals surface area contributed by atoms with Crippen molar-refractivity contribution in [2.75, 3.05) is 11.9 Å². The number of rotatable bonds is 9. The third-order valence-corrected chi connectivity index (χ3v) is 3.34. The van der Waals surface area contributed by atoms with E-state index in [1.807, 2.05) is 24.4 Å². The number of pyridine rings is 1. The van der Waals surface area contributed by atoms with Gasteiger partial charge in [0.15, 0.2) is 0 Å². The first-order valence-electron chi connectivity index (χ1n) is 7.74. The van der Waals surface area contributed by atoms with Crippen molar-refractivity contribution in [1.29, 1.82) is 0 Å². The van der Waals surface area contributed by atoms with Crippen LogP contribution in [0.5, 0.6) is 5.75 Å². The average Bonchev–Trinajstić information content (AvgIpc) is 2.55. The molecule has 0 spiro atoms. The number of nitrogens with one attached hydrogen (secondary N) is 1. The number of hydrogen-bond donors (Lipinski definition) is 1. The Kier molecular flexibility index (Phi) is 6.59. The van der Waals surface area contributed by atoms with Crippen LogP contribution >= 0.6 is 0 Å². The number of nitrogens with zero attached hydrogens (tertiary/aromatic N) is 1. The topological polar surface area (TPSA) is 34.1 Å². The van der Waals surface area contributed by atoms with E-state index < -0.39 is 0 Å². The standard InChI is InChI=1S/C18H24N2O/c1-2-3-4-5-13-21-18-10-8-17(9-11-18)20-15-16-7-6-12-19-14-16/h6-12,14,20H,2-5,13,15H2,1H3. The van der Waals surface area contributed by atoms with E-state index in [0.29, 0.717) is 0 Å². The molecule has 1 heterocycles. The minimum atomic E-state index is 0.783. The van der Waals surface area contributed by atoms with Gasteiger partial charge in [-0.15, -0.1) is 0 Å². The van der Waals surface area contributed by atoms with E-state index in [-0.39, 0.29) is 0 Å². The number of unbranched alkanes of at least 4 members (excludes halogenated alkanes) is 3. The van der Waals surface area contributed by atoms with Crippen molar-refractivity contribution in [3.63, 3.8) is 0 Å². The summed E-state index contributed by atoms with van der Waals surface area (Å²) in [5, 5.41) is 3.38. The molecule has 0 bridgehead atoms. The SMILES string of the molecule is CCCCCCOc1ccc(NCc2cccnc2)cc1. The highest BCUT2D eigenvalue weighted by atomic mass is 16.5. The van der Waals surface area contributed by atoms with E-state index in [4.69, 9.17) is 4.74 Å². The Morgan fingerprint density at radius 3 is 2.62 bits per heavy atom. The Bertz CT molecular complexity index is 496. The minimum Gasteiger partial charge on any atom is -0.494 e. The summed E-state index contributed by atoms with van der Waals surface area (Å²) in [5.41, 5.74) is 2.27. The number of anilines is 1. The zero-order chi connectivity index (χ0) is 14.8. The molecule has 0 saturated carbocycles. The van der Waals surface area contributed by atoms with Crippen LogP contribution in [0, 0.1) is 0 Å². The van der Waals surface area contributed by atoms with Crippen LogP contribution in [0.1, 0.15) is 38.2 Å². The molecule has 1 N–H and O–H groups in total. The molecular weight excluding hydrogens is 260 g/mol. The van der Waals surface area contributed by atoms with E-state index in [1.54, 1.807) is 6.20 Å². The summed E-state index contributed by atoms with van der Waals surface area (Å²) in [6.07, 6.45) is 8.60. The molecule has 0 fully saturated rings. The van der Waals surface area contributed by atoms with Gasteiger partial charge in [-0.1, -0.05) is 32.3 Å². The number of aromatic nitrogens is 1. The van der Waals surface area contributed by atoms with Crippen LogP contribution in [0.4, 0.5) is 5.69 Å². The number of benzene rings is 1. The van der Waals surface area contributed by atoms with Gasteiger partial charge in [0.25, 0.3) is 0 Å². The van der Waals surface area contributed by atoms with E-state index in [0.717, 1.165) is 31.0 Å². The molecule has 0 unspecified atom stereocenters. The summed E-state index contributed by atoms with van der Waals surface area (Å²) in [6.45, 7) is 3.81. The third kappa shape index (κ3) is 5.86. The smallest absolute Gasteiger partial charge is 0.119 e. The van der Waals surface area contributed by atoms with Crippen molar-refractivity contribution in [3.05, 3.63) is 54.4 Å². The maximum atomic E-state index is 5.73. The predicted octanol–water partition coefficient (Wildman–Crippen LogP) is 4.65. The largest absolute Gasteiger partial charge is 0.494 e. The van der Waals surface area contributed by atoms with E-state index in [9.17, 15) is 0 Å². The highest BCUT2D eigenvalue weighted by Gasteiger charge is 1.97. The van der Waals surface area contributed by atoms with Gasteiger partial charge in [0.2, 0.25) is 0 Å². The van der Waals surface area contributed by atoms with Crippen LogP contribution in [0.15, 0.2) is 48.8 Å². The molecule has 3 heteroatoms. The second-order valence-electron chi connectivity index (χ2n) is 5.15. The van der Waals surface area contributed by atoms with Crippen molar-refractivity contribution in [2.45, 2.75) is 39.2 Å². The fraction of sp³-hybridized carbons (Fsp3) is 0.389.